The molecule has 0 aliphatic heterocycles. The molecule has 2 heteroatoms. The Morgan fingerprint density at radius 3 is 2.10 bits per heavy atom. The summed E-state index contributed by atoms with van der Waals surface area (Å²) in [5.41, 5.74) is 8.44. The predicted molar refractivity (Wildman–Crippen MR) is 87.0 cm³/mol. The quantitative estimate of drug-likeness (QED) is 0.752. The van der Waals surface area contributed by atoms with Crippen LogP contribution < -0.4 is 5.73 Å². The molecule has 1 aliphatic carbocycles. The van der Waals surface area contributed by atoms with Crippen molar-refractivity contribution in [3.8, 4) is 0 Å². The van der Waals surface area contributed by atoms with Gasteiger partial charge in [0, 0.05) is 32.7 Å². The first kappa shape index (κ1) is 22.4. The summed E-state index contributed by atoms with van der Waals surface area (Å²) in [6, 6.07) is 8.85. The summed E-state index contributed by atoms with van der Waals surface area (Å²) in [6.45, 7) is 12.1. The Hall–Kier alpha value is 0.154. The van der Waals surface area contributed by atoms with Crippen molar-refractivity contribution in [2.24, 2.45) is 5.73 Å². The van der Waals surface area contributed by atoms with E-state index in [9.17, 15) is 0 Å². The van der Waals surface area contributed by atoms with Gasteiger partial charge in [0.15, 0.2) is 0 Å². The van der Waals surface area contributed by atoms with E-state index < -0.39 is 0 Å². The van der Waals surface area contributed by atoms with Gasteiger partial charge in [-0.2, -0.15) is 43.4 Å². The van der Waals surface area contributed by atoms with Crippen molar-refractivity contribution in [1.29, 1.82) is 0 Å². The summed E-state index contributed by atoms with van der Waals surface area (Å²) in [6.07, 6.45) is 5.83. The van der Waals surface area contributed by atoms with Gasteiger partial charge in [0.1, 0.15) is 0 Å². The average Bonchev–Trinajstić information content (AvgIpc) is 2.48. The zero-order valence-electron chi connectivity index (χ0n) is 13.8. The smallest absolute Gasteiger partial charge is 0 e. The minimum atomic E-state index is 0. The first-order valence-electron chi connectivity index (χ1n) is 7.74. The Morgan fingerprint density at radius 1 is 1.10 bits per heavy atom. The van der Waals surface area contributed by atoms with E-state index in [2.05, 4.69) is 25.1 Å². The zero-order chi connectivity index (χ0) is 14.7. The monoisotopic (exact) mass is 350 g/mol. The van der Waals surface area contributed by atoms with Gasteiger partial charge in [0.2, 0.25) is 0 Å². The molecule has 20 heavy (non-hydrogen) atoms. The van der Waals surface area contributed by atoms with Crippen LogP contribution in [0.2, 0.25) is 0 Å². The predicted octanol–water partition coefficient (Wildman–Crippen LogP) is 4.94. The Kier molecular flexibility index (Phi) is 15.8. The second kappa shape index (κ2) is 14.1. The van der Waals surface area contributed by atoms with Crippen LogP contribution in [0.25, 0.3) is 0 Å². The van der Waals surface area contributed by atoms with Gasteiger partial charge in [-0.05, 0) is 6.04 Å². The third-order valence-corrected chi connectivity index (χ3v) is 3.30. The standard InChI is InChI=1S/C14H19N.2C2H6.Y/c1-11-4-2-3-5-13(11)10-12-6-8-14(15)9-7-12;2*1-2;/h2-5,14H,1,6-10,15H2;2*1-2H3;/q-2;;;. The molecular formula is C18H31NY-2. The Balaban J connectivity index is 0. The van der Waals surface area contributed by atoms with Gasteiger partial charge >= 0.3 is 0 Å². The van der Waals surface area contributed by atoms with Crippen LogP contribution in [0, 0.1) is 12.8 Å². The zero-order valence-corrected chi connectivity index (χ0v) is 16.6. The molecule has 1 aromatic rings. The van der Waals surface area contributed by atoms with Crippen LogP contribution in [0.1, 0.15) is 64.5 Å². The summed E-state index contributed by atoms with van der Waals surface area (Å²) in [5, 5.41) is 0. The minimum absolute atomic E-state index is 0. The van der Waals surface area contributed by atoms with Crippen molar-refractivity contribution in [1.82, 2.24) is 0 Å². The van der Waals surface area contributed by atoms with Crippen LogP contribution in [-0.4, -0.2) is 6.04 Å². The normalized spacial score (nSPS) is 15.1. The van der Waals surface area contributed by atoms with E-state index >= 15 is 0 Å². The van der Waals surface area contributed by atoms with Crippen LogP contribution in [0.15, 0.2) is 24.3 Å². The maximum absolute atomic E-state index is 5.89. The maximum Gasteiger partial charge on any atom is 0 e. The molecule has 0 spiro atoms. The molecule has 1 fully saturated rings. The fourth-order valence-electron chi connectivity index (χ4n) is 2.22. The fraction of sp³-hybridized carbons (Fsp3) is 0.556. The molecule has 1 radical (unpaired) electrons. The third-order valence-electron chi connectivity index (χ3n) is 3.30. The summed E-state index contributed by atoms with van der Waals surface area (Å²) in [4.78, 5) is 0. The molecule has 1 aromatic carbocycles. The van der Waals surface area contributed by atoms with E-state index in [4.69, 9.17) is 5.73 Å². The van der Waals surface area contributed by atoms with E-state index in [1.165, 1.54) is 24.0 Å². The van der Waals surface area contributed by atoms with E-state index in [0.717, 1.165) is 19.3 Å². The van der Waals surface area contributed by atoms with Crippen molar-refractivity contribution in [2.75, 3.05) is 0 Å². The van der Waals surface area contributed by atoms with Gasteiger partial charge in [-0.3, -0.25) is 0 Å². The molecule has 1 aliphatic rings. The molecule has 0 bridgehead atoms. The maximum atomic E-state index is 5.89. The summed E-state index contributed by atoms with van der Waals surface area (Å²) in [5.74, 6) is 1.65. The summed E-state index contributed by atoms with van der Waals surface area (Å²) in [7, 11) is 0. The SMILES string of the molecule is CC.CC.[CH2-]c1ccccc1C[C-]1CCC(N)CC1.[Y]. The number of nitrogens with two attached hydrogens (primary N) is 1. The molecule has 2 N–H and O–H groups in total. The number of hydrogen-bond donors (Lipinski definition) is 1. The fourth-order valence-corrected chi connectivity index (χ4v) is 2.22. The Labute approximate surface area is 152 Å². The van der Waals surface area contributed by atoms with Crippen molar-refractivity contribution >= 4 is 0 Å². The molecule has 113 valence electrons. The Morgan fingerprint density at radius 2 is 1.60 bits per heavy atom. The summed E-state index contributed by atoms with van der Waals surface area (Å²) < 4.78 is 0. The van der Waals surface area contributed by atoms with Crippen LogP contribution in [0.5, 0.6) is 0 Å². The molecule has 0 heterocycles. The van der Waals surface area contributed by atoms with Crippen molar-refractivity contribution in [3.05, 3.63) is 48.2 Å². The van der Waals surface area contributed by atoms with E-state index in [1.807, 2.05) is 33.8 Å². The van der Waals surface area contributed by atoms with Crippen molar-refractivity contribution in [2.45, 2.75) is 65.8 Å². The van der Waals surface area contributed by atoms with Gasteiger partial charge < -0.3 is 11.7 Å². The second-order valence-electron chi connectivity index (χ2n) is 4.53. The topological polar surface area (TPSA) is 26.0 Å². The molecule has 2 rings (SSSR count). The molecular weight excluding hydrogens is 319 g/mol. The molecule has 0 aromatic heterocycles. The van der Waals surface area contributed by atoms with Crippen LogP contribution in [0.4, 0.5) is 0 Å². The largest absolute Gasteiger partial charge is 0.328 e. The molecule has 0 amide bonds. The number of rotatable bonds is 2. The number of benzene rings is 1. The van der Waals surface area contributed by atoms with E-state index in [1.54, 1.807) is 5.92 Å². The first-order valence-corrected chi connectivity index (χ1v) is 7.74. The molecule has 1 nitrogen and oxygen atoms in total. The molecule has 0 saturated heterocycles. The van der Waals surface area contributed by atoms with Crippen LogP contribution in [0.3, 0.4) is 0 Å². The third kappa shape index (κ3) is 8.44. The van der Waals surface area contributed by atoms with Gasteiger partial charge in [0.25, 0.3) is 0 Å². The summed E-state index contributed by atoms with van der Waals surface area (Å²) >= 11 is 0. The molecule has 0 unspecified atom stereocenters. The van der Waals surface area contributed by atoms with Crippen molar-refractivity contribution < 1.29 is 32.7 Å². The second-order valence-corrected chi connectivity index (χ2v) is 4.53. The van der Waals surface area contributed by atoms with Gasteiger partial charge in [-0.1, -0.05) is 46.6 Å². The average molecular weight is 350 g/mol. The van der Waals surface area contributed by atoms with Gasteiger partial charge in [0.05, 0.1) is 0 Å². The van der Waals surface area contributed by atoms with E-state index in [-0.39, 0.29) is 32.7 Å². The minimum Gasteiger partial charge on any atom is -0.328 e. The Bertz CT molecular complexity index is 317. The van der Waals surface area contributed by atoms with Gasteiger partial charge in [-0.25, -0.2) is 0 Å². The first-order chi connectivity index (χ1) is 9.25. The number of hydrogen-bond acceptors (Lipinski definition) is 1. The van der Waals surface area contributed by atoms with Gasteiger partial charge in [-0.15, -0.1) is 12.1 Å². The molecule has 1 saturated carbocycles. The van der Waals surface area contributed by atoms with Crippen molar-refractivity contribution in [3.63, 3.8) is 0 Å². The van der Waals surface area contributed by atoms with Crippen LogP contribution in [-0.2, 0) is 39.1 Å². The van der Waals surface area contributed by atoms with Crippen LogP contribution >= 0.6 is 0 Å². The molecule has 0 atom stereocenters. The van der Waals surface area contributed by atoms with E-state index in [0.29, 0.717) is 6.04 Å².